The number of hydrogen-bond donors (Lipinski definition) is 1. The van der Waals surface area contributed by atoms with Gasteiger partial charge in [0, 0.05) is 0 Å². The third-order valence-electron chi connectivity index (χ3n) is 0.813. The molecular formula is C6H6KNO2. The molecule has 0 saturated heterocycles. The number of aromatic nitrogens is 1. The molecule has 0 fully saturated rings. The van der Waals surface area contributed by atoms with Crippen LogP contribution >= 0.6 is 0 Å². The van der Waals surface area contributed by atoms with E-state index in [-0.39, 0.29) is 6.47 Å². The molecule has 1 aromatic heterocycles. The van der Waals surface area contributed by atoms with E-state index in [9.17, 15) is 0 Å². The van der Waals surface area contributed by atoms with Crippen molar-refractivity contribution >= 4 is 55.2 Å². The second-order valence-electron chi connectivity index (χ2n) is 1.58. The average molecular weight is 163 g/mol. The molecule has 0 amide bonds. The van der Waals surface area contributed by atoms with Gasteiger partial charge in [0.1, 0.15) is 0 Å². The van der Waals surface area contributed by atoms with Gasteiger partial charge in [-0.15, -0.1) is 0 Å². The van der Waals surface area contributed by atoms with Crippen LogP contribution in [-0.2, 0) is 4.79 Å². The van der Waals surface area contributed by atoms with E-state index >= 15 is 0 Å². The second-order valence-corrected chi connectivity index (χ2v) is 3.18. The fraction of sp³-hybridized carbons (Fsp3) is 0. The molecule has 0 aliphatic carbocycles. The molecule has 1 heterocycles. The van der Waals surface area contributed by atoms with Gasteiger partial charge in [0.25, 0.3) is 6.47 Å². The van der Waals surface area contributed by atoms with E-state index in [4.69, 9.17) is 9.90 Å². The Morgan fingerprint density at radius 2 is 2.20 bits per heavy atom. The van der Waals surface area contributed by atoms with Crippen molar-refractivity contribution in [1.29, 1.82) is 0 Å². The first-order valence-corrected chi connectivity index (χ1v) is 4.33. The summed E-state index contributed by atoms with van der Waals surface area (Å²) in [4.78, 5) is 12.4. The topological polar surface area (TPSA) is 50.2 Å². The van der Waals surface area contributed by atoms with Gasteiger partial charge >= 0.3 is 78.1 Å². The fourth-order valence-corrected chi connectivity index (χ4v) is 0.981. The summed E-state index contributed by atoms with van der Waals surface area (Å²) in [6.07, 6.45) is 1.83. The Morgan fingerprint density at radius 3 is 2.40 bits per heavy atom. The number of hydrogen-bond acceptors (Lipinski definition) is 2. The molecule has 0 unspecified atom stereocenters. The van der Waals surface area contributed by atoms with Gasteiger partial charge in [-0.25, -0.2) is 0 Å². The maximum atomic E-state index is 8.36. The number of pyridine rings is 1. The summed E-state index contributed by atoms with van der Waals surface area (Å²) in [6, 6.07) is 6.02. The number of carbonyl (C=O) groups is 1. The predicted octanol–water partition coefficient (Wildman–Crippen LogP) is -0.424. The third-order valence-corrected chi connectivity index (χ3v) is 1.74. The molecule has 0 spiro atoms. The molecule has 3 nitrogen and oxygen atoms in total. The Hall–Kier alpha value is 0.256. The van der Waals surface area contributed by atoms with Crippen molar-refractivity contribution in [2.75, 3.05) is 0 Å². The van der Waals surface area contributed by atoms with Gasteiger partial charge < -0.3 is 5.11 Å². The van der Waals surface area contributed by atoms with Crippen LogP contribution in [0.25, 0.3) is 0 Å². The molecule has 0 atom stereocenters. The summed E-state index contributed by atoms with van der Waals surface area (Å²) in [6.45, 7) is -0.250. The van der Waals surface area contributed by atoms with Crippen LogP contribution in [0.3, 0.4) is 0 Å². The van der Waals surface area contributed by atoms with Crippen LogP contribution in [-0.4, -0.2) is 65.5 Å². The van der Waals surface area contributed by atoms with Crippen LogP contribution in [0.4, 0.5) is 0 Å². The Labute approximate surface area is 93.1 Å². The fourth-order valence-electron chi connectivity index (χ4n) is 0.448. The molecule has 0 aliphatic rings. The SMILES string of the molecule is O=CO.[K][c]1ccccn1. The Morgan fingerprint density at radius 1 is 1.60 bits per heavy atom. The van der Waals surface area contributed by atoms with Crippen molar-refractivity contribution in [1.82, 2.24) is 4.98 Å². The summed E-state index contributed by atoms with van der Waals surface area (Å²) >= 11 is 0.744. The minimum atomic E-state index is -0.250. The minimum absolute atomic E-state index is 0.250. The predicted molar refractivity (Wildman–Crippen MR) is 38.3 cm³/mol. The molecule has 10 heavy (non-hydrogen) atoms. The van der Waals surface area contributed by atoms with Crippen LogP contribution in [0.1, 0.15) is 0 Å². The first-order chi connectivity index (χ1) is 4.81. The normalized spacial score (nSPS) is 7.40. The molecule has 0 bridgehead atoms. The van der Waals surface area contributed by atoms with Crippen molar-refractivity contribution in [3.05, 3.63) is 24.4 Å². The van der Waals surface area contributed by atoms with E-state index in [1.807, 2.05) is 18.3 Å². The van der Waals surface area contributed by atoms with E-state index in [1.165, 1.54) is -0.212 Å². The van der Waals surface area contributed by atoms with Crippen LogP contribution in [0.15, 0.2) is 24.4 Å². The molecule has 0 saturated carbocycles. The summed E-state index contributed by atoms with van der Waals surface area (Å²) in [5.74, 6) is 0. The second kappa shape index (κ2) is 7.36. The summed E-state index contributed by atoms with van der Waals surface area (Å²) in [5, 5.41) is 6.89. The third kappa shape index (κ3) is 6.38. The van der Waals surface area contributed by atoms with Gasteiger partial charge in [-0.1, -0.05) is 0 Å². The number of nitrogens with zero attached hydrogens (tertiary/aromatic N) is 1. The Balaban J connectivity index is 0.000000236. The monoisotopic (exact) mass is 163 g/mol. The maximum absolute atomic E-state index is 8.36. The molecular weight excluding hydrogens is 157 g/mol. The van der Waals surface area contributed by atoms with Crippen LogP contribution < -0.4 is -0.212 Å². The van der Waals surface area contributed by atoms with E-state index in [0.717, 1.165) is 49.0 Å². The van der Waals surface area contributed by atoms with Crippen molar-refractivity contribution < 1.29 is 9.90 Å². The van der Waals surface area contributed by atoms with E-state index in [1.54, 1.807) is 0 Å². The summed E-state index contributed by atoms with van der Waals surface area (Å²) < 4.78 is 1.26. The zero-order valence-corrected chi connectivity index (χ0v) is 8.81. The Kier molecular flexibility index (Phi) is 7.55. The standard InChI is InChI=1S/C5H4N.CH2O2.K/c1-2-4-6-5-3-1;2-1-3;/h1-4H;1H,(H,2,3);. The van der Waals surface area contributed by atoms with Crippen molar-refractivity contribution in [3.8, 4) is 0 Å². The quantitative estimate of drug-likeness (QED) is 0.417. The summed E-state index contributed by atoms with van der Waals surface area (Å²) in [7, 11) is 0. The molecule has 0 aromatic carbocycles. The van der Waals surface area contributed by atoms with Gasteiger partial charge in [-0.3, -0.25) is 4.79 Å². The van der Waals surface area contributed by atoms with Gasteiger partial charge in [-0.05, 0) is 0 Å². The van der Waals surface area contributed by atoms with Gasteiger partial charge in [0.05, 0.1) is 0 Å². The first kappa shape index (κ1) is 10.3. The first-order valence-electron chi connectivity index (χ1n) is 2.76. The van der Waals surface area contributed by atoms with E-state index < -0.39 is 0 Å². The van der Waals surface area contributed by atoms with Gasteiger partial charge in [0.2, 0.25) is 0 Å². The molecule has 1 aromatic rings. The molecule has 48 valence electrons. The van der Waals surface area contributed by atoms with Crippen LogP contribution in [0.2, 0.25) is 0 Å². The molecule has 1 rings (SSSR count). The summed E-state index contributed by atoms with van der Waals surface area (Å²) in [5.41, 5.74) is 0. The van der Waals surface area contributed by atoms with E-state index in [0.29, 0.717) is 0 Å². The van der Waals surface area contributed by atoms with Gasteiger partial charge in [-0.2, -0.15) is 0 Å². The van der Waals surface area contributed by atoms with Crippen molar-refractivity contribution in [2.24, 2.45) is 0 Å². The molecule has 0 aliphatic heterocycles. The molecule has 1 N–H and O–H groups in total. The number of rotatable bonds is 0. The molecule has 4 heteroatoms. The van der Waals surface area contributed by atoms with Crippen molar-refractivity contribution in [2.45, 2.75) is 0 Å². The van der Waals surface area contributed by atoms with Crippen LogP contribution in [0.5, 0.6) is 0 Å². The average Bonchev–Trinajstić information content (AvgIpc) is 1.91. The van der Waals surface area contributed by atoms with Crippen molar-refractivity contribution in [3.63, 3.8) is 0 Å². The zero-order chi connectivity index (χ0) is 7.82. The molecule has 0 radical (unpaired) electrons. The number of carboxylic acid groups (broad SMARTS) is 1. The van der Waals surface area contributed by atoms with Crippen LogP contribution in [0, 0.1) is 0 Å². The van der Waals surface area contributed by atoms with Gasteiger partial charge in [0.15, 0.2) is 0 Å². The Bertz CT molecular complexity index is 178. The van der Waals surface area contributed by atoms with E-state index in [2.05, 4.69) is 11.1 Å². The zero-order valence-electron chi connectivity index (χ0n) is 5.69.